The van der Waals surface area contributed by atoms with Crippen LogP contribution < -0.4 is 5.32 Å². The lowest BCUT2D eigenvalue weighted by Crippen LogP contribution is -1.97. The molecule has 0 saturated heterocycles. The molecule has 0 radical (unpaired) electrons. The summed E-state index contributed by atoms with van der Waals surface area (Å²) >= 11 is 0. The van der Waals surface area contributed by atoms with Gasteiger partial charge in [0, 0.05) is 5.69 Å². The molecular formula is C16H16N2. The van der Waals surface area contributed by atoms with Crippen LogP contribution in [0.4, 0.5) is 11.4 Å². The predicted octanol–water partition coefficient (Wildman–Crippen LogP) is 4.23. The summed E-state index contributed by atoms with van der Waals surface area (Å²) in [6.45, 7) is 6.19. The van der Waals surface area contributed by atoms with E-state index in [9.17, 15) is 0 Å². The molecule has 0 bridgehead atoms. The Morgan fingerprint density at radius 2 is 1.78 bits per heavy atom. The van der Waals surface area contributed by atoms with Crippen LogP contribution in [0.25, 0.3) is 0 Å². The third kappa shape index (κ3) is 2.36. The number of rotatable bonds is 2. The molecule has 2 heteroatoms. The second-order valence-electron chi connectivity index (χ2n) is 4.53. The van der Waals surface area contributed by atoms with Crippen molar-refractivity contribution < 1.29 is 0 Å². The molecule has 0 aromatic heterocycles. The van der Waals surface area contributed by atoms with E-state index >= 15 is 0 Å². The first-order valence-corrected chi connectivity index (χ1v) is 5.96. The van der Waals surface area contributed by atoms with Crippen molar-refractivity contribution in [2.75, 3.05) is 5.32 Å². The van der Waals surface area contributed by atoms with E-state index < -0.39 is 0 Å². The Bertz CT molecular complexity index is 621. The van der Waals surface area contributed by atoms with Gasteiger partial charge in [0.05, 0.1) is 11.3 Å². The van der Waals surface area contributed by atoms with Gasteiger partial charge in [0.15, 0.2) is 0 Å². The lowest BCUT2D eigenvalue weighted by Gasteiger charge is -2.13. The second kappa shape index (κ2) is 4.93. The van der Waals surface area contributed by atoms with E-state index in [4.69, 9.17) is 5.26 Å². The molecular weight excluding hydrogens is 220 g/mol. The van der Waals surface area contributed by atoms with Gasteiger partial charge in [-0.1, -0.05) is 18.2 Å². The van der Waals surface area contributed by atoms with Crippen molar-refractivity contribution in [1.29, 1.82) is 5.26 Å². The molecule has 0 atom stereocenters. The van der Waals surface area contributed by atoms with Crippen molar-refractivity contribution in [3.8, 4) is 6.07 Å². The highest BCUT2D eigenvalue weighted by Crippen LogP contribution is 2.25. The Kier molecular flexibility index (Phi) is 3.34. The van der Waals surface area contributed by atoms with E-state index in [2.05, 4.69) is 31.3 Å². The Morgan fingerprint density at radius 1 is 1.00 bits per heavy atom. The Morgan fingerprint density at radius 3 is 2.50 bits per heavy atom. The molecule has 0 heterocycles. The smallest absolute Gasteiger partial charge is 0.101 e. The summed E-state index contributed by atoms with van der Waals surface area (Å²) in [4.78, 5) is 0. The minimum atomic E-state index is 0.668. The van der Waals surface area contributed by atoms with Crippen LogP contribution in [-0.2, 0) is 0 Å². The molecule has 90 valence electrons. The lowest BCUT2D eigenvalue weighted by atomic mass is 10.1. The summed E-state index contributed by atoms with van der Waals surface area (Å²) in [6.07, 6.45) is 0. The molecule has 0 spiro atoms. The van der Waals surface area contributed by atoms with Gasteiger partial charge in [-0.05, 0) is 55.7 Å². The molecule has 2 nitrogen and oxygen atoms in total. The van der Waals surface area contributed by atoms with E-state index in [-0.39, 0.29) is 0 Å². The van der Waals surface area contributed by atoms with E-state index in [0.717, 1.165) is 16.9 Å². The van der Waals surface area contributed by atoms with E-state index in [1.54, 1.807) is 0 Å². The summed E-state index contributed by atoms with van der Waals surface area (Å²) < 4.78 is 0. The number of anilines is 2. The normalized spacial score (nSPS) is 9.89. The van der Waals surface area contributed by atoms with Gasteiger partial charge in [-0.15, -0.1) is 0 Å². The van der Waals surface area contributed by atoms with Gasteiger partial charge in [0.25, 0.3) is 0 Å². The Labute approximate surface area is 108 Å². The number of benzene rings is 2. The monoisotopic (exact) mass is 236 g/mol. The van der Waals surface area contributed by atoms with Gasteiger partial charge in [-0.25, -0.2) is 0 Å². The average molecular weight is 236 g/mol. The predicted molar refractivity (Wildman–Crippen MR) is 75.1 cm³/mol. The minimum Gasteiger partial charge on any atom is -0.354 e. The molecule has 0 aliphatic heterocycles. The zero-order valence-corrected chi connectivity index (χ0v) is 10.9. The summed E-state index contributed by atoms with van der Waals surface area (Å²) in [5.41, 5.74) is 6.18. The number of hydrogen-bond donors (Lipinski definition) is 1. The number of nitrogens with one attached hydrogen (secondary N) is 1. The average Bonchev–Trinajstić information content (AvgIpc) is 2.35. The summed E-state index contributed by atoms with van der Waals surface area (Å²) in [6, 6.07) is 14.2. The van der Waals surface area contributed by atoms with E-state index in [1.165, 1.54) is 11.1 Å². The summed E-state index contributed by atoms with van der Waals surface area (Å²) in [7, 11) is 0. The largest absolute Gasteiger partial charge is 0.354 e. The standard InChI is InChI=1S/C16H16N2/c1-11-7-8-14(10-17)16(9-11)18-15-6-4-5-12(2)13(15)3/h4-9,18H,1-3H3. The third-order valence-corrected chi connectivity index (χ3v) is 3.17. The van der Waals surface area contributed by atoms with Gasteiger partial charge in [0.1, 0.15) is 6.07 Å². The molecule has 0 aliphatic rings. The minimum absolute atomic E-state index is 0.668. The van der Waals surface area contributed by atoms with Crippen LogP contribution in [-0.4, -0.2) is 0 Å². The molecule has 1 N–H and O–H groups in total. The highest BCUT2D eigenvalue weighted by molar-refractivity contribution is 5.69. The SMILES string of the molecule is Cc1ccc(C#N)c(Nc2cccc(C)c2C)c1. The molecule has 0 amide bonds. The van der Waals surface area contributed by atoms with Crippen molar-refractivity contribution >= 4 is 11.4 Å². The van der Waals surface area contributed by atoms with Crippen LogP contribution in [0.3, 0.4) is 0 Å². The molecule has 2 rings (SSSR count). The van der Waals surface area contributed by atoms with Gasteiger partial charge in [0.2, 0.25) is 0 Å². The number of aryl methyl sites for hydroxylation is 2. The van der Waals surface area contributed by atoms with Crippen LogP contribution in [0, 0.1) is 32.1 Å². The zero-order valence-electron chi connectivity index (χ0n) is 10.9. The highest BCUT2D eigenvalue weighted by atomic mass is 14.9. The fourth-order valence-electron chi connectivity index (χ4n) is 1.89. The first-order chi connectivity index (χ1) is 8.61. The van der Waals surface area contributed by atoms with Crippen molar-refractivity contribution in [2.24, 2.45) is 0 Å². The Hall–Kier alpha value is -2.27. The third-order valence-electron chi connectivity index (χ3n) is 3.17. The highest BCUT2D eigenvalue weighted by Gasteiger charge is 2.05. The first-order valence-electron chi connectivity index (χ1n) is 5.96. The summed E-state index contributed by atoms with van der Waals surface area (Å²) in [5, 5.41) is 12.5. The van der Waals surface area contributed by atoms with Gasteiger partial charge in [-0.2, -0.15) is 5.26 Å². The van der Waals surface area contributed by atoms with Crippen LogP contribution in [0.5, 0.6) is 0 Å². The van der Waals surface area contributed by atoms with Crippen molar-refractivity contribution in [3.63, 3.8) is 0 Å². The molecule has 2 aromatic rings. The van der Waals surface area contributed by atoms with Crippen LogP contribution >= 0.6 is 0 Å². The molecule has 18 heavy (non-hydrogen) atoms. The van der Waals surface area contributed by atoms with Crippen molar-refractivity contribution in [2.45, 2.75) is 20.8 Å². The maximum absolute atomic E-state index is 9.12. The zero-order chi connectivity index (χ0) is 13.1. The van der Waals surface area contributed by atoms with E-state index in [1.807, 2.05) is 37.3 Å². The molecule has 0 aliphatic carbocycles. The van der Waals surface area contributed by atoms with Crippen molar-refractivity contribution in [3.05, 3.63) is 58.7 Å². The quantitative estimate of drug-likeness (QED) is 0.847. The lowest BCUT2D eigenvalue weighted by molar-refractivity contribution is 1.32. The fraction of sp³-hybridized carbons (Fsp3) is 0.188. The maximum Gasteiger partial charge on any atom is 0.101 e. The Balaban J connectivity index is 2.43. The van der Waals surface area contributed by atoms with Gasteiger partial charge < -0.3 is 5.32 Å². The van der Waals surface area contributed by atoms with Crippen LogP contribution in [0.1, 0.15) is 22.3 Å². The van der Waals surface area contributed by atoms with E-state index in [0.29, 0.717) is 5.56 Å². The fourth-order valence-corrected chi connectivity index (χ4v) is 1.89. The maximum atomic E-state index is 9.12. The van der Waals surface area contributed by atoms with Gasteiger partial charge >= 0.3 is 0 Å². The molecule has 0 fully saturated rings. The molecule has 0 saturated carbocycles. The van der Waals surface area contributed by atoms with Crippen molar-refractivity contribution in [1.82, 2.24) is 0 Å². The number of nitrogens with zero attached hydrogens (tertiary/aromatic N) is 1. The van der Waals surface area contributed by atoms with Gasteiger partial charge in [-0.3, -0.25) is 0 Å². The number of hydrogen-bond acceptors (Lipinski definition) is 2. The van der Waals surface area contributed by atoms with Crippen LogP contribution in [0.15, 0.2) is 36.4 Å². The molecule has 2 aromatic carbocycles. The second-order valence-corrected chi connectivity index (χ2v) is 4.53. The topological polar surface area (TPSA) is 35.8 Å². The number of nitriles is 1. The summed E-state index contributed by atoms with van der Waals surface area (Å²) in [5.74, 6) is 0. The van der Waals surface area contributed by atoms with Crippen LogP contribution in [0.2, 0.25) is 0 Å². The molecule has 0 unspecified atom stereocenters. The first kappa shape index (κ1) is 12.2.